The number of hydrogen-bond acceptors (Lipinski definition) is 4. The van der Waals surface area contributed by atoms with E-state index in [-0.39, 0.29) is 12.2 Å². The molecule has 1 heterocycles. The number of aliphatic hydroxyl groups excluding tert-OH is 1. The predicted octanol–water partition coefficient (Wildman–Crippen LogP) is 0.553. The Kier molecular flexibility index (Phi) is 3.98. The Morgan fingerprint density at radius 3 is 3.08 bits per heavy atom. The molecule has 0 saturated heterocycles. The fourth-order valence-corrected chi connectivity index (χ4v) is 1.70. The van der Waals surface area contributed by atoms with Crippen LogP contribution >= 0.6 is 11.8 Å². The van der Waals surface area contributed by atoms with Crippen molar-refractivity contribution in [3.63, 3.8) is 0 Å². The number of hydrogen-bond donors (Lipinski definition) is 2. The van der Waals surface area contributed by atoms with Crippen molar-refractivity contribution in [3.8, 4) is 0 Å². The molecule has 5 heteroatoms. The fraction of sp³-hybridized carbons (Fsp3) is 0.500. The second kappa shape index (κ2) is 5.04. The molecule has 0 aliphatic heterocycles. The summed E-state index contributed by atoms with van der Waals surface area (Å²) in [5, 5.41) is 9.17. The molecule has 0 saturated carbocycles. The van der Waals surface area contributed by atoms with E-state index < -0.39 is 0 Å². The van der Waals surface area contributed by atoms with Gasteiger partial charge >= 0.3 is 0 Å². The molecule has 0 amide bonds. The van der Waals surface area contributed by atoms with Crippen LogP contribution in [-0.4, -0.2) is 27.4 Å². The fourth-order valence-electron chi connectivity index (χ4n) is 0.853. The molecule has 0 fully saturated rings. The number of nitrogens with one attached hydrogen (secondary N) is 1. The number of H-pyrrole nitrogens is 1. The van der Waals surface area contributed by atoms with Crippen molar-refractivity contribution in [3.05, 3.63) is 22.1 Å². The number of aryl methyl sites for hydroxylation is 1. The second-order valence-corrected chi connectivity index (χ2v) is 3.70. The predicted molar refractivity (Wildman–Crippen MR) is 52.0 cm³/mol. The Hall–Kier alpha value is -0.810. The molecule has 0 bridgehead atoms. The van der Waals surface area contributed by atoms with E-state index in [1.165, 1.54) is 17.8 Å². The van der Waals surface area contributed by atoms with Gasteiger partial charge in [0.15, 0.2) is 5.16 Å². The van der Waals surface area contributed by atoms with Crippen molar-refractivity contribution in [1.29, 1.82) is 0 Å². The zero-order chi connectivity index (χ0) is 9.68. The summed E-state index contributed by atoms with van der Waals surface area (Å²) in [7, 11) is 0. The molecule has 0 unspecified atom stereocenters. The zero-order valence-corrected chi connectivity index (χ0v) is 8.23. The van der Waals surface area contributed by atoms with Gasteiger partial charge in [0.05, 0.1) is 0 Å². The lowest BCUT2D eigenvalue weighted by molar-refractivity contribution is 0.296. The van der Waals surface area contributed by atoms with Crippen molar-refractivity contribution in [2.75, 3.05) is 12.4 Å². The van der Waals surface area contributed by atoms with Gasteiger partial charge in [0, 0.05) is 24.1 Å². The Morgan fingerprint density at radius 2 is 2.46 bits per heavy atom. The van der Waals surface area contributed by atoms with Crippen LogP contribution in [0.5, 0.6) is 0 Å². The molecule has 2 N–H and O–H groups in total. The summed E-state index contributed by atoms with van der Waals surface area (Å²) in [6.45, 7) is 1.95. The maximum Gasteiger partial charge on any atom is 0.251 e. The van der Waals surface area contributed by atoms with Gasteiger partial charge in [-0.2, -0.15) is 0 Å². The van der Waals surface area contributed by atoms with Crippen LogP contribution in [0, 0.1) is 6.92 Å². The van der Waals surface area contributed by atoms with E-state index >= 15 is 0 Å². The quantitative estimate of drug-likeness (QED) is 0.423. The van der Waals surface area contributed by atoms with Crippen molar-refractivity contribution < 1.29 is 5.11 Å². The van der Waals surface area contributed by atoms with E-state index in [0.717, 1.165) is 11.4 Å². The first kappa shape index (κ1) is 10.3. The van der Waals surface area contributed by atoms with Gasteiger partial charge in [-0.3, -0.25) is 4.79 Å². The van der Waals surface area contributed by atoms with Crippen molar-refractivity contribution in [2.45, 2.75) is 18.5 Å². The molecule has 0 aliphatic rings. The molecule has 13 heavy (non-hydrogen) atoms. The monoisotopic (exact) mass is 200 g/mol. The number of thioether (sulfide) groups is 1. The highest BCUT2D eigenvalue weighted by atomic mass is 32.2. The first-order valence-electron chi connectivity index (χ1n) is 4.04. The Balaban J connectivity index is 2.61. The SMILES string of the molecule is Cc1cc(=O)[nH]c(SCCCO)n1. The lowest BCUT2D eigenvalue weighted by Crippen LogP contribution is -2.08. The van der Waals surface area contributed by atoms with E-state index in [2.05, 4.69) is 9.97 Å². The van der Waals surface area contributed by atoms with Gasteiger partial charge < -0.3 is 10.1 Å². The summed E-state index contributed by atoms with van der Waals surface area (Å²) in [4.78, 5) is 17.7. The van der Waals surface area contributed by atoms with Gasteiger partial charge in [-0.05, 0) is 13.3 Å². The summed E-state index contributed by atoms with van der Waals surface area (Å²) in [5.74, 6) is 0.767. The lowest BCUT2D eigenvalue weighted by Gasteiger charge is -1.99. The third kappa shape index (κ3) is 3.61. The summed E-state index contributed by atoms with van der Waals surface area (Å²) in [5.41, 5.74) is 0.592. The number of nitrogens with zero attached hydrogens (tertiary/aromatic N) is 1. The van der Waals surface area contributed by atoms with Crippen molar-refractivity contribution >= 4 is 11.8 Å². The van der Waals surface area contributed by atoms with Gasteiger partial charge in [0.1, 0.15) is 0 Å². The molecule has 1 aromatic rings. The van der Waals surface area contributed by atoms with Crippen LogP contribution < -0.4 is 5.56 Å². The molecular weight excluding hydrogens is 188 g/mol. The minimum absolute atomic E-state index is 0.126. The van der Waals surface area contributed by atoms with Crippen LogP contribution in [0.3, 0.4) is 0 Å². The maximum absolute atomic E-state index is 11.0. The van der Waals surface area contributed by atoms with Gasteiger partial charge in [-0.15, -0.1) is 0 Å². The van der Waals surface area contributed by atoms with E-state index in [0.29, 0.717) is 11.6 Å². The van der Waals surface area contributed by atoms with Crippen LogP contribution in [0.25, 0.3) is 0 Å². The average molecular weight is 200 g/mol. The molecule has 1 rings (SSSR count). The number of aliphatic hydroxyl groups is 1. The average Bonchev–Trinajstić information content (AvgIpc) is 2.03. The van der Waals surface area contributed by atoms with E-state index in [1.54, 1.807) is 6.92 Å². The Bertz CT molecular complexity index is 324. The summed E-state index contributed by atoms with van der Waals surface area (Å²) < 4.78 is 0. The highest BCUT2D eigenvalue weighted by molar-refractivity contribution is 7.99. The highest BCUT2D eigenvalue weighted by Gasteiger charge is 1.97. The number of rotatable bonds is 4. The van der Waals surface area contributed by atoms with Crippen LogP contribution in [0.4, 0.5) is 0 Å². The van der Waals surface area contributed by atoms with Crippen LogP contribution in [-0.2, 0) is 0 Å². The minimum atomic E-state index is -0.126. The summed E-state index contributed by atoms with van der Waals surface area (Å²) >= 11 is 1.45. The zero-order valence-electron chi connectivity index (χ0n) is 7.41. The lowest BCUT2D eigenvalue weighted by atomic mass is 10.5. The molecule has 0 aliphatic carbocycles. The third-order valence-corrected chi connectivity index (χ3v) is 2.35. The molecule has 0 atom stereocenters. The van der Waals surface area contributed by atoms with E-state index in [9.17, 15) is 4.79 Å². The Labute approximate surface area is 80.4 Å². The first-order chi connectivity index (χ1) is 6.22. The van der Waals surface area contributed by atoms with Crippen molar-refractivity contribution in [1.82, 2.24) is 9.97 Å². The van der Waals surface area contributed by atoms with Gasteiger partial charge in [-0.25, -0.2) is 4.98 Å². The van der Waals surface area contributed by atoms with Crippen LogP contribution in [0.15, 0.2) is 16.0 Å². The normalized spacial score (nSPS) is 10.3. The number of aromatic nitrogens is 2. The maximum atomic E-state index is 11.0. The second-order valence-electron chi connectivity index (χ2n) is 2.62. The van der Waals surface area contributed by atoms with Crippen LogP contribution in [0.1, 0.15) is 12.1 Å². The smallest absolute Gasteiger partial charge is 0.251 e. The third-order valence-electron chi connectivity index (χ3n) is 1.39. The largest absolute Gasteiger partial charge is 0.396 e. The molecule has 0 spiro atoms. The minimum Gasteiger partial charge on any atom is -0.396 e. The highest BCUT2D eigenvalue weighted by Crippen LogP contribution is 2.11. The van der Waals surface area contributed by atoms with Gasteiger partial charge in [0.2, 0.25) is 0 Å². The number of aromatic amines is 1. The van der Waals surface area contributed by atoms with Crippen LogP contribution in [0.2, 0.25) is 0 Å². The molecule has 0 radical (unpaired) electrons. The van der Waals surface area contributed by atoms with E-state index in [4.69, 9.17) is 5.11 Å². The summed E-state index contributed by atoms with van der Waals surface area (Å²) in [6, 6.07) is 1.45. The van der Waals surface area contributed by atoms with E-state index in [1.807, 2.05) is 0 Å². The molecule has 4 nitrogen and oxygen atoms in total. The first-order valence-corrected chi connectivity index (χ1v) is 5.02. The topological polar surface area (TPSA) is 66.0 Å². The van der Waals surface area contributed by atoms with Gasteiger partial charge in [-0.1, -0.05) is 11.8 Å². The standard InChI is InChI=1S/C8H12N2O2S/c1-6-5-7(12)10-8(9-6)13-4-2-3-11/h5,11H,2-4H2,1H3,(H,9,10,12). The molecule has 72 valence electrons. The molecular formula is C8H12N2O2S. The molecule has 0 aromatic carbocycles. The van der Waals surface area contributed by atoms with Crippen molar-refractivity contribution in [2.24, 2.45) is 0 Å². The summed E-state index contributed by atoms with van der Waals surface area (Å²) in [6.07, 6.45) is 0.711. The molecule has 1 aromatic heterocycles. The van der Waals surface area contributed by atoms with Gasteiger partial charge in [0.25, 0.3) is 5.56 Å². The Morgan fingerprint density at radius 1 is 1.69 bits per heavy atom.